The third-order valence-electron chi connectivity index (χ3n) is 2.66. The average molecular weight is 268 g/mol. The number of nitriles is 1. The number of unbranched alkanes of at least 4 members (excludes halogenated alkanes) is 1. The van der Waals surface area contributed by atoms with Crippen LogP contribution in [0.15, 0.2) is 30.5 Å². The number of benzene rings is 1. The van der Waals surface area contributed by atoms with Crippen molar-refractivity contribution in [1.29, 1.82) is 5.26 Å². The van der Waals surface area contributed by atoms with Crippen LogP contribution < -0.4 is 10.6 Å². The molecule has 0 saturated heterocycles. The van der Waals surface area contributed by atoms with Crippen LogP contribution in [0.1, 0.15) is 25.3 Å². The zero-order valence-corrected chi connectivity index (χ0v) is 11.3. The van der Waals surface area contributed by atoms with Crippen LogP contribution in [0.2, 0.25) is 0 Å². The van der Waals surface area contributed by atoms with Crippen LogP contribution >= 0.6 is 0 Å². The van der Waals surface area contributed by atoms with E-state index in [1.54, 1.807) is 18.3 Å². The number of nitrogens with zero attached hydrogens (tertiary/aromatic N) is 4. The highest BCUT2D eigenvalue weighted by Crippen LogP contribution is 2.14. The molecule has 1 aromatic heterocycles. The number of anilines is 3. The van der Waals surface area contributed by atoms with Gasteiger partial charge in [0.05, 0.1) is 17.8 Å². The predicted molar refractivity (Wildman–Crippen MR) is 77.7 cm³/mol. The van der Waals surface area contributed by atoms with Crippen LogP contribution in [0.25, 0.3) is 0 Å². The second kappa shape index (κ2) is 7.04. The van der Waals surface area contributed by atoms with E-state index in [1.165, 1.54) is 0 Å². The van der Waals surface area contributed by atoms with Gasteiger partial charge in [-0.1, -0.05) is 13.3 Å². The summed E-state index contributed by atoms with van der Waals surface area (Å²) in [5.41, 5.74) is 1.47. The Balaban J connectivity index is 2.01. The molecule has 2 rings (SSSR count). The molecule has 0 aliphatic carbocycles. The summed E-state index contributed by atoms with van der Waals surface area (Å²) < 4.78 is 0. The standard InChI is InChI=1S/C14H16N6/c1-2-3-8-16-14-19-13(10-17-20-14)18-12-6-4-11(9-15)5-7-12/h4-7,10H,2-3,8H2,1H3,(H2,16,18,19,20). The third kappa shape index (κ3) is 3.92. The molecule has 0 spiro atoms. The predicted octanol–water partition coefficient (Wildman–Crippen LogP) is 2.70. The molecule has 102 valence electrons. The zero-order chi connectivity index (χ0) is 14.2. The summed E-state index contributed by atoms with van der Waals surface area (Å²) in [6.07, 6.45) is 3.74. The van der Waals surface area contributed by atoms with Gasteiger partial charge in [-0.05, 0) is 30.7 Å². The Bertz CT molecular complexity index is 587. The molecule has 20 heavy (non-hydrogen) atoms. The van der Waals surface area contributed by atoms with E-state index in [-0.39, 0.29) is 0 Å². The van der Waals surface area contributed by atoms with Gasteiger partial charge in [0, 0.05) is 12.2 Å². The molecule has 0 amide bonds. The van der Waals surface area contributed by atoms with Crippen LogP contribution in [0, 0.1) is 11.3 Å². The molecule has 0 saturated carbocycles. The lowest BCUT2D eigenvalue weighted by Gasteiger charge is -2.07. The van der Waals surface area contributed by atoms with E-state index in [2.05, 4.69) is 38.8 Å². The first kappa shape index (κ1) is 13.7. The van der Waals surface area contributed by atoms with Crippen molar-refractivity contribution in [1.82, 2.24) is 15.2 Å². The summed E-state index contributed by atoms with van der Waals surface area (Å²) in [4.78, 5) is 4.32. The van der Waals surface area contributed by atoms with Gasteiger partial charge in [0.1, 0.15) is 0 Å². The highest BCUT2D eigenvalue weighted by molar-refractivity contribution is 5.57. The van der Waals surface area contributed by atoms with E-state index in [9.17, 15) is 0 Å². The van der Waals surface area contributed by atoms with Gasteiger partial charge >= 0.3 is 0 Å². The minimum Gasteiger partial charge on any atom is -0.353 e. The summed E-state index contributed by atoms with van der Waals surface area (Å²) in [7, 11) is 0. The van der Waals surface area contributed by atoms with Crippen molar-refractivity contribution >= 4 is 17.5 Å². The van der Waals surface area contributed by atoms with Crippen LogP contribution in [-0.2, 0) is 0 Å². The largest absolute Gasteiger partial charge is 0.353 e. The third-order valence-corrected chi connectivity index (χ3v) is 2.66. The SMILES string of the molecule is CCCCNc1nncc(Nc2ccc(C#N)cc2)n1. The van der Waals surface area contributed by atoms with Crippen molar-refractivity contribution in [2.24, 2.45) is 0 Å². The molecular formula is C14H16N6. The molecule has 2 N–H and O–H groups in total. The monoisotopic (exact) mass is 268 g/mol. The van der Waals surface area contributed by atoms with E-state index in [4.69, 9.17) is 5.26 Å². The molecule has 1 heterocycles. The fourth-order valence-corrected chi connectivity index (χ4v) is 1.59. The van der Waals surface area contributed by atoms with Gasteiger partial charge in [-0.3, -0.25) is 0 Å². The second-order valence-electron chi connectivity index (χ2n) is 4.26. The summed E-state index contributed by atoms with van der Waals surface area (Å²) >= 11 is 0. The smallest absolute Gasteiger partial charge is 0.244 e. The first-order chi connectivity index (χ1) is 9.81. The number of nitrogens with one attached hydrogen (secondary N) is 2. The Labute approximate surface area is 117 Å². The summed E-state index contributed by atoms with van der Waals surface area (Å²) in [6.45, 7) is 2.96. The lowest BCUT2D eigenvalue weighted by molar-refractivity contribution is 0.819. The highest BCUT2D eigenvalue weighted by atomic mass is 15.3. The molecule has 0 aliphatic heterocycles. The maximum Gasteiger partial charge on any atom is 0.244 e. The minimum absolute atomic E-state index is 0.511. The molecule has 6 nitrogen and oxygen atoms in total. The molecule has 6 heteroatoms. The van der Waals surface area contributed by atoms with Crippen molar-refractivity contribution < 1.29 is 0 Å². The number of hydrogen-bond donors (Lipinski definition) is 2. The lowest BCUT2D eigenvalue weighted by atomic mass is 10.2. The van der Waals surface area contributed by atoms with Gasteiger partial charge in [0.2, 0.25) is 5.95 Å². The summed E-state index contributed by atoms with van der Waals surface area (Å²) in [5, 5.41) is 22.8. The number of hydrogen-bond acceptors (Lipinski definition) is 6. The van der Waals surface area contributed by atoms with Crippen molar-refractivity contribution in [3.8, 4) is 6.07 Å². The molecule has 0 atom stereocenters. The van der Waals surface area contributed by atoms with Crippen LogP contribution in [0.5, 0.6) is 0 Å². The fraction of sp³-hybridized carbons (Fsp3) is 0.286. The highest BCUT2D eigenvalue weighted by Gasteiger charge is 2.01. The van der Waals surface area contributed by atoms with Crippen molar-refractivity contribution in [2.45, 2.75) is 19.8 Å². The maximum atomic E-state index is 8.75. The maximum absolute atomic E-state index is 8.75. The fourth-order valence-electron chi connectivity index (χ4n) is 1.59. The first-order valence-corrected chi connectivity index (χ1v) is 6.52. The number of aromatic nitrogens is 3. The van der Waals surface area contributed by atoms with Crippen molar-refractivity contribution in [3.05, 3.63) is 36.0 Å². The summed E-state index contributed by atoms with van der Waals surface area (Å²) in [5.74, 6) is 1.13. The first-order valence-electron chi connectivity index (χ1n) is 6.52. The van der Waals surface area contributed by atoms with E-state index in [0.717, 1.165) is 25.1 Å². The average Bonchev–Trinajstić information content (AvgIpc) is 2.49. The van der Waals surface area contributed by atoms with E-state index in [1.807, 2.05) is 12.1 Å². The second-order valence-corrected chi connectivity index (χ2v) is 4.26. The number of rotatable bonds is 6. The van der Waals surface area contributed by atoms with Gasteiger partial charge in [-0.25, -0.2) is 0 Å². The molecule has 0 fully saturated rings. The molecule has 1 aromatic carbocycles. The van der Waals surface area contributed by atoms with Crippen molar-refractivity contribution in [3.63, 3.8) is 0 Å². The Hall–Kier alpha value is -2.68. The van der Waals surface area contributed by atoms with Gasteiger partial charge in [-0.2, -0.15) is 15.3 Å². The molecular weight excluding hydrogens is 252 g/mol. The van der Waals surface area contributed by atoms with E-state index < -0.39 is 0 Å². The van der Waals surface area contributed by atoms with E-state index >= 15 is 0 Å². The van der Waals surface area contributed by atoms with Gasteiger partial charge < -0.3 is 10.6 Å². The van der Waals surface area contributed by atoms with Gasteiger partial charge in [0.25, 0.3) is 0 Å². The normalized spacial score (nSPS) is 9.80. The molecule has 2 aromatic rings. The molecule has 0 aliphatic rings. The quantitative estimate of drug-likeness (QED) is 0.783. The molecule has 0 unspecified atom stereocenters. The Kier molecular flexibility index (Phi) is 4.84. The van der Waals surface area contributed by atoms with Gasteiger partial charge in [-0.15, -0.1) is 5.10 Å². The topological polar surface area (TPSA) is 86.5 Å². The lowest BCUT2D eigenvalue weighted by Crippen LogP contribution is -2.07. The minimum atomic E-state index is 0.511. The van der Waals surface area contributed by atoms with Crippen LogP contribution in [0.3, 0.4) is 0 Å². The Morgan fingerprint density at radius 1 is 1.25 bits per heavy atom. The molecule has 0 radical (unpaired) electrons. The zero-order valence-electron chi connectivity index (χ0n) is 11.3. The van der Waals surface area contributed by atoms with E-state index in [0.29, 0.717) is 17.3 Å². The summed E-state index contributed by atoms with van der Waals surface area (Å²) in [6, 6.07) is 9.22. The molecule has 0 bridgehead atoms. The van der Waals surface area contributed by atoms with Crippen LogP contribution in [-0.4, -0.2) is 21.7 Å². The van der Waals surface area contributed by atoms with Crippen molar-refractivity contribution in [2.75, 3.05) is 17.2 Å². The Morgan fingerprint density at radius 3 is 2.75 bits per heavy atom. The Morgan fingerprint density at radius 2 is 2.05 bits per heavy atom. The van der Waals surface area contributed by atoms with Crippen LogP contribution in [0.4, 0.5) is 17.5 Å². The van der Waals surface area contributed by atoms with Gasteiger partial charge in [0.15, 0.2) is 5.82 Å².